The van der Waals surface area contributed by atoms with Crippen LogP contribution in [0.5, 0.6) is 5.75 Å². The number of benzene rings is 1. The van der Waals surface area contributed by atoms with Crippen molar-refractivity contribution in [2.75, 3.05) is 31.6 Å². The molecule has 1 aromatic heterocycles. The molecular weight excluding hydrogens is 354 g/mol. The zero-order valence-electron chi connectivity index (χ0n) is 16.8. The lowest BCUT2D eigenvalue weighted by molar-refractivity contribution is -0.116. The van der Waals surface area contributed by atoms with Crippen molar-refractivity contribution in [2.24, 2.45) is 4.99 Å². The molecule has 0 radical (unpaired) electrons. The first-order valence-electron chi connectivity index (χ1n) is 9.52. The number of nitrogens with zero attached hydrogens (tertiary/aromatic N) is 2. The first-order chi connectivity index (χ1) is 13.6. The molecule has 1 amide bonds. The first-order valence-corrected chi connectivity index (χ1v) is 9.52. The molecule has 0 spiro atoms. The van der Waals surface area contributed by atoms with Gasteiger partial charge in [0, 0.05) is 18.7 Å². The number of hydrogen-bond donors (Lipinski definition) is 3. The van der Waals surface area contributed by atoms with Gasteiger partial charge in [0.25, 0.3) is 0 Å². The average Bonchev–Trinajstić information content (AvgIpc) is 2.66. The van der Waals surface area contributed by atoms with Gasteiger partial charge in [0.2, 0.25) is 5.91 Å². The summed E-state index contributed by atoms with van der Waals surface area (Å²) in [4.78, 5) is 20.7. The van der Waals surface area contributed by atoms with Crippen molar-refractivity contribution in [3.8, 4) is 5.75 Å². The van der Waals surface area contributed by atoms with Crippen LogP contribution in [0.25, 0.3) is 0 Å². The molecule has 0 saturated heterocycles. The Labute approximate surface area is 166 Å². The topological polar surface area (TPSA) is 87.6 Å². The number of anilines is 1. The molecule has 0 aliphatic carbocycles. The number of amides is 1. The maximum atomic E-state index is 12.0. The quantitative estimate of drug-likeness (QED) is 0.352. The smallest absolute Gasteiger partial charge is 0.227 e. The Bertz CT molecular complexity index is 775. The number of carbonyl (C=O) groups is 1. The third-order valence-electron chi connectivity index (χ3n) is 3.79. The molecule has 0 fully saturated rings. The van der Waals surface area contributed by atoms with E-state index in [-0.39, 0.29) is 12.3 Å². The zero-order chi connectivity index (χ0) is 20.2. The van der Waals surface area contributed by atoms with Crippen molar-refractivity contribution in [1.29, 1.82) is 0 Å². The lowest BCUT2D eigenvalue weighted by atomic mass is 10.2. The SMILES string of the molecule is CCNC(=NCCC(=O)Nc1cccc(C)n1)NCCOc1ccc(C)cc1. The molecule has 150 valence electrons. The molecule has 0 bridgehead atoms. The maximum absolute atomic E-state index is 12.0. The fourth-order valence-corrected chi connectivity index (χ4v) is 2.40. The highest BCUT2D eigenvalue weighted by Crippen LogP contribution is 2.10. The van der Waals surface area contributed by atoms with Gasteiger partial charge in [-0.25, -0.2) is 4.98 Å². The van der Waals surface area contributed by atoms with Crippen LogP contribution in [0.3, 0.4) is 0 Å². The van der Waals surface area contributed by atoms with Crippen molar-refractivity contribution in [3.63, 3.8) is 0 Å². The summed E-state index contributed by atoms with van der Waals surface area (Å²) in [6.07, 6.45) is 0.284. The number of ether oxygens (including phenoxy) is 1. The fourth-order valence-electron chi connectivity index (χ4n) is 2.40. The molecule has 28 heavy (non-hydrogen) atoms. The minimum Gasteiger partial charge on any atom is -0.492 e. The summed E-state index contributed by atoms with van der Waals surface area (Å²) in [6, 6.07) is 13.5. The van der Waals surface area contributed by atoms with E-state index in [1.807, 2.05) is 57.2 Å². The number of aryl methyl sites for hydroxylation is 2. The molecule has 7 heteroatoms. The van der Waals surface area contributed by atoms with Crippen LogP contribution in [0.1, 0.15) is 24.6 Å². The van der Waals surface area contributed by atoms with Crippen LogP contribution in [0.2, 0.25) is 0 Å². The first kappa shape index (κ1) is 21.2. The Kier molecular flexibility index (Phi) is 8.78. The van der Waals surface area contributed by atoms with Crippen molar-refractivity contribution in [2.45, 2.75) is 27.2 Å². The number of aliphatic imine (C=N–C) groups is 1. The summed E-state index contributed by atoms with van der Waals surface area (Å²) in [5, 5.41) is 9.14. The van der Waals surface area contributed by atoms with Gasteiger partial charge in [0.05, 0.1) is 13.1 Å². The van der Waals surface area contributed by atoms with Crippen molar-refractivity contribution in [3.05, 3.63) is 53.7 Å². The number of rotatable bonds is 9. The summed E-state index contributed by atoms with van der Waals surface area (Å²) >= 11 is 0. The molecule has 3 N–H and O–H groups in total. The van der Waals surface area contributed by atoms with Gasteiger partial charge in [0.1, 0.15) is 18.2 Å². The van der Waals surface area contributed by atoms with Crippen molar-refractivity contribution >= 4 is 17.7 Å². The summed E-state index contributed by atoms with van der Waals surface area (Å²) < 4.78 is 5.69. The fraction of sp³-hybridized carbons (Fsp3) is 0.381. The Hall–Kier alpha value is -3.09. The van der Waals surface area contributed by atoms with Gasteiger partial charge >= 0.3 is 0 Å². The molecule has 0 aliphatic heterocycles. The zero-order valence-corrected chi connectivity index (χ0v) is 16.8. The molecular formula is C21H29N5O2. The number of carbonyl (C=O) groups excluding carboxylic acids is 1. The van der Waals surface area contributed by atoms with Gasteiger partial charge in [-0.1, -0.05) is 23.8 Å². The molecule has 0 unspecified atom stereocenters. The minimum atomic E-state index is -0.111. The highest BCUT2D eigenvalue weighted by Gasteiger charge is 2.04. The monoisotopic (exact) mass is 383 g/mol. The number of nitrogens with one attached hydrogen (secondary N) is 3. The Morgan fingerprint density at radius 2 is 1.89 bits per heavy atom. The van der Waals surface area contributed by atoms with Crippen LogP contribution in [-0.2, 0) is 4.79 Å². The molecule has 2 rings (SSSR count). The minimum absolute atomic E-state index is 0.111. The van der Waals surface area contributed by atoms with E-state index in [1.54, 1.807) is 6.07 Å². The number of aromatic nitrogens is 1. The van der Waals surface area contributed by atoms with Crippen molar-refractivity contribution < 1.29 is 9.53 Å². The van der Waals surface area contributed by atoms with Gasteiger partial charge in [-0.3, -0.25) is 9.79 Å². The number of hydrogen-bond acceptors (Lipinski definition) is 4. The number of pyridine rings is 1. The molecule has 2 aromatic rings. The molecule has 1 aromatic carbocycles. The molecule has 0 atom stereocenters. The van der Waals surface area contributed by atoms with Crippen LogP contribution in [0.15, 0.2) is 47.5 Å². The predicted molar refractivity (Wildman–Crippen MR) is 113 cm³/mol. The summed E-state index contributed by atoms with van der Waals surface area (Å²) in [5.41, 5.74) is 2.07. The van der Waals surface area contributed by atoms with Crippen LogP contribution >= 0.6 is 0 Å². The van der Waals surface area contributed by atoms with E-state index in [0.717, 1.165) is 18.0 Å². The molecule has 1 heterocycles. The van der Waals surface area contributed by atoms with E-state index in [2.05, 4.69) is 25.9 Å². The Balaban J connectivity index is 1.71. The van der Waals surface area contributed by atoms with Gasteiger partial charge in [-0.2, -0.15) is 0 Å². The highest BCUT2D eigenvalue weighted by atomic mass is 16.5. The highest BCUT2D eigenvalue weighted by molar-refractivity contribution is 5.90. The second-order valence-corrected chi connectivity index (χ2v) is 6.31. The standard InChI is InChI=1S/C21H29N5O2/c1-4-22-21(24-14-15-28-18-10-8-16(2)9-11-18)23-13-12-20(27)26-19-7-5-6-17(3)25-19/h5-11H,4,12-15H2,1-3H3,(H2,22,23,24)(H,25,26,27). The normalized spacial score (nSPS) is 11.0. The average molecular weight is 383 g/mol. The van der Waals surface area contributed by atoms with Crippen molar-refractivity contribution in [1.82, 2.24) is 15.6 Å². The predicted octanol–water partition coefficient (Wildman–Crippen LogP) is 2.66. The van der Waals surface area contributed by atoms with E-state index >= 15 is 0 Å². The second-order valence-electron chi connectivity index (χ2n) is 6.31. The number of guanidine groups is 1. The van der Waals surface area contributed by atoms with E-state index < -0.39 is 0 Å². The third-order valence-corrected chi connectivity index (χ3v) is 3.79. The van der Waals surface area contributed by atoms with Gasteiger partial charge in [-0.05, 0) is 45.0 Å². The summed E-state index contributed by atoms with van der Waals surface area (Å²) in [5.74, 6) is 1.96. The second kappa shape index (κ2) is 11.6. The van der Waals surface area contributed by atoms with E-state index in [4.69, 9.17) is 4.74 Å². The Morgan fingerprint density at radius 1 is 1.11 bits per heavy atom. The third kappa shape index (κ3) is 8.07. The summed E-state index contributed by atoms with van der Waals surface area (Å²) in [6.45, 7) is 8.18. The van der Waals surface area contributed by atoms with E-state index in [9.17, 15) is 4.79 Å². The lowest BCUT2D eigenvalue weighted by Crippen LogP contribution is -2.39. The Morgan fingerprint density at radius 3 is 2.61 bits per heavy atom. The van der Waals surface area contributed by atoms with Crippen LogP contribution in [0.4, 0.5) is 5.82 Å². The van der Waals surface area contributed by atoms with Crippen LogP contribution < -0.4 is 20.7 Å². The molecule has 7 nitrogen and oxygen atoms in total. The van der Waals surface area contributed by atoms with E-state index in [1.165, 1.54) is 5.56 Å². The summed E-state index contributed by atoms with van der Waals surface area (Å²) in [7, 11) is 0. The van der Waals surface area contributed by atoms with E-state index in [0.29, 0.717) is 31.5 Å². The lowest BCUT2D eigenvalue weighted by Gasteiger charge is -2.12. The molecule has 0 saturated carbocycles. The van der Waals surface area contributed by atoms with Crippen LogP contribution in [0, 0.1) is 13.8 Å². The maximum Gasteiger partial charge on any atom is 0.227 e. The van der Waals surface area contributed by atoms with Gasteiger partial charge < -0.3 is 20.7 Å². The van der Waals surface area contributed by atoms with Crippen LogP contribution in [-0.4, -0.2) is 43.1 Å². The van der Waals surface area contributed by atoms with Gasteiger partial charge in [0.15, 0.2) is 5.96 Å². The van der Waals surface area contributed by atoms with Gasteiger partial charge in [-0.15, -0.1) is 0 Å². The molecule has 0 aliphatic rings. The largest absolute Gasteiger partial charge is 0.492 e.